The summed E-state index contributed by atoms with van der Waals surface area (Å²) in [5.74, 6) is 0. The van der Waals surface area contributed by atoms with E-state index in [9.17, 15) is 0 Å². The molecule has 1 saturated heterocycles. The van der Waals surface area contributed by atoms with Crippen molar-refractivity contribution >= 4 is 479 Å². The fourth-order valence-electron chi connectivity index (χ4n) is 13.9. The molecule has 0 bridgehead atoms. The van der Waals surface area contributed by atoms with E-state index in [1.165, 1.54) is 84.5 Å². The minimum absolute atomic E-state index is 0.0609. The lowest BCUT2D eigenvalue weighted by Crippen LogP contribution is -2.35. The van der Waals surface area contributed by atoms with Crippen LogP contribution in [-0.2, 0) is 487 Å². The lowest BCUT2D eigenvalue weighted by atomic mass is 9.75. The van der Waals surface area contributed by atoms with Crippen molar-refractivity contribution < 1.29 is 9.31 Å². The summed E-state index contributed by atoms with van der Waals surface area (Å²) < 4.78 is 13.3. The monoisotopic (exact) mass is 2720 g/mol. The van der Waals surface area contributed by atoms with E-state index >= 15 is 0 Å². The number of aryl methyl sites for hydroxylation is 2. The molecule has 1 unspecified atom stereocenters. The Morgan fingerprint density at radius 1 is 0.246 bits per heavy atom. The van der Waals surface area contributed by atoms with Crippen molar-refractivity contribution in [1.29, 1.82) is 0 Å². The van der Waals surface area contributed by atoms with E-state index in [2.05, 4.69) is 287 Å². The van der Waals surface area contributed by atoms with Crippen LogP contribution in [0.4, 0.5) is 0 Å². The predicted octanol–water partition coefficient (Wildman–Crippen LogP) is 18.8. The zero-order valence-corrected chi connectivity index (χ0v) is 112. The second kappa shape index (κ2) is 62.4. The van der Waals surface area contributed by atoms with E-state index in [1.807, 2.05) is 320 Å². The topological polar surface area (TPSA) is 44.2 Å². The van der Waals surface area contributed by atoms with Crippen LogP contribution >= 0.6 is 0 Å². The van der Waals surface area contributed by atoms with Gasteiger partial charge in [0.15, 0.2) is 0 Å². The number of aromatic nitrogens is 2. The standard InChI is InChI=1S/C77H65BN2O2.S52/c1-47-38-73(79-45-67(47)54-34-36-65-63-22-14-16-24-69(63)75(4,5)71(65)43-54)52-30-26-50(27-31-52)59-18-10-12-20-61(59)56-40-57(42-58(41-56)78-81-49(3)77(8,9)82-78)62-21-13-11-19-60(62)51-28-32-53(33-29-51)74-39-48(2)68(46-80-74)55-35-37-66-64-23-15-17-25-70(64)76(6,7)72(66)44-55;1-3-5-7-9-11-13-15-17-19-21-23-25-27-29-31-33-35-37-39-41-43-45-47-49-51-52-50-48-46-44-42-40-38-36-34-32-30-28-26-24-22-20-18-16-14-12-10-8-6-4-2/h10-46,49H,1-9H3;. The smallest absolute Gasteiger partial charge is 0.402 e. The van der Waals surface area contributed by atoms with Crippen LogP contribution in [0, 0.1) is 13.8 Å². The quantitative estimate of drug-likeness (QED) is 0.134. The van der Waals surface area contributed by atoms with Crippen LogP contribution < -0.4 is 5.46 Å². The summed E-state index contributed by atoms with van der Waals surface area (Å²) in [6.45, 7) is 20.1. The highest BCUT2D eigenvalue weighted by Crippen LogP contribution is 2.52. The number of hydrogen-bond donors (Lipinski definition) is 0. The van der Waals surface area contributed by atoms with Gasteiger partial charge in [0.05, 0.1) is 23.1 Å². The molecule has 1 aliphatic heterocycles. The number of hydrogen-bond acceptors (Lipinski definition) is 6. The van der Waals surface area contributed by atoms with E-state index in [0.29, 0.717) is 0 Å². The van der Waals surface area contributed by atoms with E-state index in [1.54, 1.807) is 107 Å². The van der Waals surface area contributed by atoms with E-state index in [-0.39, 0.29) is 16.9 Å². The summed E-state index contributed by atoms with van der Waals surface area (Å²) in [7, 11) is 88.8. The van der Waals surface area contributed by atoms with Crippen molar-refractivity contribution in [3.63, 3.8) is 0 Å². The van der Waals surface area contributed by atoms with Gasteiger partial charge in [0.2, 0.25) is 0 Å². The minimum Gasteiger partial charge on any atom is -0.402 e. The largest absolute Gasteiger partial charge is 0.494 e. The molecule has 0 amide bonds. The molecule has 9 aromatic carbocycles. The first-order valence-corrected chi connectivity index (χ1v) is 105. The van der Waals surface area contributed by atoms with Gasteiger partial charge in [0.1, 0.15) is 0 Å². The Hall–Kier alpha value is 2.70. The number of nitrogens with zero attached hydrogens (tertiary/aromatic N) is 2. The van der Waals surface area contributed by atoms with Crippen molar-refractivity contribution in [2.45, 2.75) is 84.8 Å². The Labute approximate surface area is 934 Å². The van der Waals surface area contributed by atoms with Crippen molar-refractivity contribution in [3.8, 4) is 112 Å². The first kappa shape index (κ1) is 114. The molecule has 4 nitrogen and oxygen atoms in total. The van der Waals surface area contributed by atoms with E-state index in [4.69, 9.17) is 41.7 Å². The molecule has 57 heteroatoms. The number of pyridine rings is 2. The molecule has 0 N–H and O–H groups in total. The van der Waals surface area contributed by atoms with Crippen LogP contribution in [0.3, 0.4) is 0 Å². The number of rotatable bonds is 9. The molecule has 1 fully saturated rings. The van der Waals surface area contributed by atoms with Gasteiger partial charge in [-0.3, -0.25) is 9.97 Å². The van der Waals surface area contributed by atoms with Crippen molar-refractivity contribution in [2.24, 2.45) is 0 Å². The van der Waals surface area contributed by atoms with Gasteiger partial charge in [-0.05, 0) is 182 Å². The number of benzene rings is 9. The minimum atomic E-state index is -0.523. The van der Waals surface area contributed by atoms with Crippen molar-refractivity contribution in [2.75, 3.05) is 0 Å². The SMILES string of the molecule is Cc1cc(-c2ccc(-c3ccccc3-c3cc(B4OC(C)C(C)(C)O4)cc(-c4ccccc4-c4ccc(-c5cc(C)c(-c6ccc7c(c6)C(C)(C)c6ccccc6-7)cn5)cc4)c3)cc2)ncc1-c1ccc2c(c1)C(C)(C)c1ccccc1-2.S=S=S=S=S=S=S=S=S=S=S=S=S=S=S=S=S=S=S=S=S=S=S=S=S=S=S=S=S=S=S=S=S=S=S=S=S=S=S=S=S=S=S=S=S=S=S=S=S=S=S=S. The van der Waals surface area contributed by atoms with Crippen molar-refractivity contribution in [1.82, 2.24) is 9.97 Å². The summed E-state index contributed by atoms with van der Waals surface area (Å²) in [6, 6.07) is 78.0. The van der Waals surface area contributed by atoms with Crippen LogP contribution in [0.15, 0.2) is 225 Å². The summed E-state index contributed by atoms with van der Waals surface area (Å²) >= 11 is 9.63. The van der Waals surface area contributed by atoms with Gasteiger partial charge in [0, 0.05) is 512 Å². The molecular weight excluding hydrogens is 2660 g/mol. The number of fused-ring (bicyclic) bond motifs is 6. The molecule has 134 heavy (non-hydrogen) atoms. The molecular formula is C77H65BN2O2S52. The molecule has 3 aliphatic rings. The second-order valence-corrected chi connectivity index (χ2v) is 116. The summed E-state index contributed by atoms with van der Waals surface area (Å²) in [5, 5.41) is 0. The highest BCUT2D eigenvalue weighted by atomic mass is 33.5. The Bertz CT molecular complexity index is 8640. The van der Waals surface area contributed by atoms with Crippen LogP contribution in [0.25, 0.3) is 112 Å². The van der Waals surface area contributed by atoms with Crippen LogP contribution in [0.2, 0.25) is 0 Å². The molecule has 0 spiro atoms. The molecule has 0 radical (unpaired) electrons. The normalized spacial score (nSPS) is 12.8. The van der Waals surface area contributed by atoms with Gasteiger partial charge >= 0.3 is 7.12 Å². The summed E-state index contributed by atoms with van der Waals surface area (Å²) in [4.78, 5) is 10.2. The molecule has 11 aromatic rings. The molecule has 2 aromatic heterocycles. The Balaban J connectivity index is 0.000000255. The zero-order chi connectivity index (χ0) is 93.6. The van der Waals surface area contributed by atoms with Gasteiger partial charge in [-0.25, -0.2) is 0 Å². The fraction of sp³-hybridized carbons (Fsp3) is 0.169. The summed E-state index contributed by atoms with van der Waals surface area (Å²) in [6.07, 6.45) is 4.02. The Morgan fingerprint density at radius 2 is 0.485 bits per heavy atom. The Morgan fingerprint density at radius 3 is 0.746 bits per heavy atom. The maximum absolute atomic E-state index is 6.69. The average Bonchev–Trinajstić information content (AvgIpc) is 1.57. The van der Waals surface area contributed by atoms with Crippen LogP contribution in [0.1, 0.15) is 81.8 Å². The van der Waals surface area contributed by atoms with E-state index in [0.717, 1.165) is 83.6 Å². The highest BCUT2D eigenvalue weighted by Gasteiger charge is 2.44. The third kappa shape index (κ3) is 34.9. The van der Waals surface area contributed by atoms with Crippen LogP contribution in [0.5, 0.6) is 0 Å². The lowest BCUT2D eigenvalue weighted by molar-refractivity contribution is 0.0842. The van der Waals surface area contributed by atoms with Gasteiger partial charge in [0.25, 0.3) is 0 Å². The lowest BCUT2D eigenvalue weighted by Gasteiger charge is -2.22. The summed E-state index contributed by atoms with van der Waals surface area (Å²) in [5.41, 5.74) is 31.4. The second-order valence-electron chi connectivity index (χ2n) is 28.0. The molecule has 1 atom stereocenters. The first-order valence-electron chi connectivity index (χ1n) is 37.4. The maximum Gasteiger partial charge on any atom is 0.494 e. The van der Waals surface area contributed by atoms with Crippen LogP contribution in [-0.4, -0.2) is 28.8 Å². The average molecular weight is 2730 g/mol. The zero-order valence-electron chi connectivity index (χ0n) is 69.5. The predicted molar refractivity (Wildman–Crippen MR) is 724 cm³/mol. The third-order valence-corrected chi connectivity index (χ3v) is 129. The van der Waals surface area contributed by atoms with Crippen molar-refractivity contribution in [3.05, 3.63) is 258 Å². The fourth-order valence-corrected chi connectivity index (χ4v) is 146. The molecule has 710 valence electrons. The van der Waals surface area contributed by atoms with Gasteiger partial charge < -0.3 is 9.31 Å². The molecule has 14 rings (SSSR count). The first-order chi connectivity index (χ1) is 65.5. The third-order valence-electron chi connectivity index (χ3n) is 19.8. The maximum atomic E-state index is 6.69. The Kier molecular flexibility index (Phi) is 53.0. The highest BCUT2D eigenvalue weighted by molar-refractivity contribution is 8.82. The van der Waals surface area contributed by atoms with Gasteiger partial charge in [-0.2, -0.15) is 0 Å². The molecule has 0 saturated carbocycles. The van der Waals surface area contributed by atoms with E-state index < -0.39 is 12.7 Å². The van der Waals surface area contributed by atoms with Gasteiger partial charge in [-0.1, -0.05) is 210 Å². The molecule has 2 aliphatic carbocycles. The molecule has 3 heterocycles. The van der Waals surface area contributed by atoms with Gasteiger partial charge in [-0.15, -0.1) is 0 Å².